The van der Waals surface area contributed by atoms with E-state index in [0.717, 1.165) is 34.4 Å². The Morgan fingerprint density at radius 1 is 1.04 bits per heavy atom. The molecule has 3 aliphatic carbocycles. The third-order valence-electron chi connectivity index (χ3n) is 9.90. The average Bonchev–Trinajstić information content (AvgIpc) is 2.96. The van der Waals surface area contributed by atoms with Crippen molar-refractivity contribution in [1.29, 1.82) is 0 Å². The second kappa shape index (κ2) is 11.7. The molecule has 10 nitrogen and oxygen atoms in total. The van der Waals surface area contributed by atoms with E-state index in [2.05, 4.69) is 22.0 Å². The lowest BCUT2D eigenvalue weighted by Gasteiger charge is -2.52. The Kier molecular flexibility index (Phi) is 8.00. The van der Waals surface area contributed by atoms with Crippen LogP contribution in [0.15, 0.2) is 77.8 Å². The number of nitrogens with zero attached hydrogens (tertiary/aromatic N) is 3. The van der Waals surface area contributed by atoms with Crippen LogP contribution in [0.4, 0.5) is 0 Å². The largest absolute Gasteiger partial charge is 0.510 e. The van der Waals surface area contributed by atoms with E-state index in [9.17, 15) is 30.0 Å². The first-order valence-corrected chi connectivity index (χ1v) is 15.4. The van der Waals surface area contributed by atoms with Gasteiger partial charge in [-0.3, -0.25) is 24.4 Å². The molecule has 0 bridgehead atoms. The number of benzene rings is 2. The van der Waals surface area contributed by atoms with E-state index in [1.165, 1.54) is 13.0 Å². The number of fused-ring (bicyclic) bond motifs is 3. The molecule has 0 radical (unpaired) electrons. The summed E-state index contributed by atoms with van der Waals surface area (Å²) in [6.07, 6.45) is 4.31. The second-order valence-corrected chi connectivity index (χ2v) is 13.3. The SMILES string of the molecule is CN(Cc1cccnc1)Cc1cccc(-c2ccc(O)c3c2CC2CC4C(C(=O)C2=C3O)C(C)(O)C(C(N)=O)=C(O)[C@H]4N(C)C)c1. The van der Waals surface area contributed by atoms with Crippen molar-refractivity contribution in [1.82, 2.24) is 14.8 Å². The van der Waals surface area contributed by atoms with Crippen LogP contribution >= 0.6 is 0 Å². The van der Waals surface area contributed by atoms with Crippen molar-refractivity contribution in [3.63, 3.8) is 0 Å². The van der Waals surface area contributed by atoms with Gasteiger partial charge < -0.3 is 26.2 Å². The minimum atomic E-state index is -2.06. The van der Waals surface area contributed by atoms with E-state index in [4.69, 9.17) is 5.73 Å². The summed E-state index contributed by atoms with van der Waals surface area (Å²) in [6, 6.07) is 14.7. The standard InChI is InChI=1S/C36H40N4O6/c1-36(46)29-25(31(39(2)3)34(44)30(36)35(37)45)15-22-14-24-23(10-11-26(41)28(24)32(42)27(22)33(29)43)21-9-5-7-19(13-21)17-40(4)18-20-8-6-12-38-16-20/h5-13,16,22,25,29,31,41-42,44,46H,14-15,17-18H2,1-4H3,(H2,37,45)/t22?,25?,29?,31-,36?/m0/s1. The van der Waals surface area contributed by atoms with Crippen molar-refractivity contribution in [2.75, 3.05) is 21.1 Å². The van der Waals surface area contributed by atoms with E-state index in [1.807, 2.05) is 43.6 Å². The lowest BCUT2D eigenvalue weighted by Crippen LogP contribution is -2.61. The van der Waals surface area contributed by atoms with Gasteiger partial charge >= 0.3 is 0 Å². The van der Waals surface area contributed by atoms with Gasteiger partial charge in [0.05, 0.1) is 23.1 Å². The number of aliphatic hydroxyl groups is 3. The monoisotopic (exact) mass is 624 g/mol. The number of carbonyl (C=O) groups excluding carboxylic acids is 2. The van der Waals surface area contributed by atoms with Crippen LogP contribution < -0.4 is 5.73 Å². The third kappa shape index (κ3) is 5.16. The number of amides is 1. The molecule has 6 N–H and O–H groups in total. The first-order chi connectivity index (χ1) is 21.8. The number of aromatic hydroxyl groups is 1. The Labute approximate surface area is 268 Å². The molecule has 1 saturated carbocycles. The van der Waals surface area contributed by atoms with Crippen LogP contribution in [0.2, 0.25) is 0 Å². The summed E-state index contributed by atoms with van der Waals surface area (Å²) < 4.78 is 0. The molecule has 5 atom stereocenters. The quantitative estimate of drug-likeness (QED) is 0.264. The van der Waals surface area contributed by atoms with Gasteiger partial charge in [-0.05, 0) is 98.8 Å². The molecular formula is C36H40N4O6. The van der Waals surface area contributed by atoms with Gasteiger partial charge in [-0.25, -0.2) is 0 Å². The molecule has 46 heavy (non-hydrogen) atoms. The predicted octanol–water partition coefficient (Wildman–Crippen LogP) is 3.73. The smallest absolute Gasteiger partial charge is 0.251 e. The molecule has 0 spiro atoms. The number of Topliss-reactive ketones (excluding diaryl/α,β-unsaturated/α-hetero) is 1. The summed E-state index contributed by atoms with van der Waals surface area (Å²) in [5.74, 6) is -4.50. The van der Waals surface area contributed by atoms with Crippen LogP contribution in [-0.2, 0) is 29.1 Å². The Balaban J connectivity index is 1.39. The molecule has 1 aromatic heterocycles. The van der Waals surface area contributed by atoms with E-state index >= 15 is 0 Å². The number of primary amides is 1. The molecule has 3 aromatic rings. The molecule has 1 fully saturated rings. The number of phenols is 1. The van der Waals surface area contributed by atoms with Crippen molar-refractivity contribution in [3.05, 3.63) is 100 Å². The first kappa shape index (κ1) is 31.5. The number of hydrogen-bond acceptors (Lipinski definition) is 9. The fourth-order valence-electron chi connectivity index (χ4n) is 8.16. The molecule has 1 amide bonds. The molecule has 240 valence electrons. The van der Waals surface area contributed by atoms with Crippen molar-refractivity contribution >= 4 is 17.4 Å². The Morgan fingerprint density at radius 3 is 2.43 bits per heavy atom. The minimum Gasteiger partial charge on any atom is -0.510 e. The van der Waals surface area contributed by atoms with Gasteiger partial charge in [0.25, 0.3) is 5.91 Å². The van der Waals surface area contributed by atoms with Gasteiger partial charge in [0, 0.05) is 31.1 Å². The molecule has 1 heterocycles. The predicted molar refractivity (Wildman–Crippen MR) is 173 cm³/mol. The number of hydrogen-bond donors (Lipinski definition) is 5. The Hall–Kier alpha value is -4.51. The van der Waals surface area contributed by atoms with Gasteiger partial charge in [-0.15, -0.1) is 0 Å². The molecule has 2 aromatic carbocycles. The van der Waals surface area contributed by atoms with Crippen LogP contribution in [0, 0.1) is 17.8 Å². The zero-order valence-corrected chi connectivity index (χ0v) is 26.4. The van der Waals surface area contributed by atoms with Crippen molar-refractivity contribution in [2.24, 2.45) is 23.5 Å². The Bertz CT molecular complexity index is 1780. The highest BCUT2D eigenvalue weighted by atomic mass is 16.3. The van der Waals surface area contributed by atoms with Gasteiger partial charge in [0.2, 0.25) is 0 Å². The number of phenolic OH excluding ortho intramolecular Hbond substituents is 1. The summed E-state index contributed by atoms with van der Waals surface area (Å²) in [5.41, 5.74) is 8.14. The summed E-state index contributed by atoms with van der Waals surface area (Å²) in [7, 11) is 5.51. The lowest BCUT2D eigenvalue weighted by atomic mass is 9.55. The van der Waals surface area contributed by atoms with E-state index in [1.54, 1.807) is 25.2 Å². The van der Waals surface area contributed by atoms with Crippen LogP contribution in [0.25, 0.3) is 16.9 Å². The van der Waals surface area contributed by atoms with Gasteiger partial charge in [0.15, 0.2) is 5.78 Å². The number of nitrogens with two attached hydrogens (primary N) is 1. The van der Waals surface area contributed by atoms with E-state index < -0.39 is 46.7 Å². The maximum atomic E-state index is 14.3. The third-order valence-corrected chi connectivity index (χ3v) is 9.90. The molecule has 6 rings (SSSR count). The van der Waals surface area contributed by atoms with Gasteiger partial charge in [0.1, 0.15) is 22.9 Å². The summed E-state index contributed by atoms with van der Waals surface area (Å²) in [4.78, 5) is 34.8. The Morgan fingerprint density at radius 2 is 1.76 bits per heavy atom. The fraction of sp³-hybridized carbons (Fsp3) is 0.361. The minimum absolute atomic E-state index is 0.120. The molecule has 0 aliphatic heterocycles. The summed E-state index contributed by atoms with van der Waals surface area (Å²) >= 11 is 0. The number of carbonyl (C=O) groups is 2. The highest BCUT2D eigenvalue weighted by Gasteiger charge is 2.60. The van der Waals surface area contributed by atoms with E-state index in [0.29, 0.717) is 19.4 Å². The first-order valence-electron chi connectivity index (χ1n) is 15.4. The van der Waals surface area contributed by atoms with Crippen molar-refractivity contribution in [2.45, 2.75) is 44.5 Å². The highest BCUT2D eigenvalue weighted by molar-refractivity contribution is 6.08. The molecule has 4 unspecified atom stereocenters. The van der Waals surface area contributed by atoms with Crippen LogP contribution in [0.3, 0.4) is 0 Å². The molecular weight excluding hydrogens is 584 g/mol. The van der Waals surface area contributed by atoms with Crippen molar-refractivity contribution in [3.8, 4) is 16.9 Å². The molecule has 0 saturated heterocycles. The number of likely N-dealkylation sites (N-methyl/N-ethyl adjacent to an activating group) is 1. The van der Waals surface area contributed by atoms with Crippen molar-refractivity contribution < 1.29 is 30.0 Å². The summed E-state index contributed by atoms with van der Waals surface area (Å²) in [5, 5.41) is 45.5. The maximum Gasteiger partial charge on any atom is 0.251 e. The molecule has 3 aliphatic rings. The topological polar surface area (TPSA) is 160 Å². The number of ketones is 1. The highest BCUT2D eigenvalue weighted by Crippen LogP contribution is 2.54. The number of pyridine rings is 1. The summed E-state index contributed by atoms with van der Waals surface area (Å²) in [6.45, 7) is 2.74. The van der Waals surface area contributed by atoms with Crippen LogP contribution in [0.5, 0.6) is 5.75 Å². The zero-order chi connectivity index (χ0) is 33.1. The van der Waals surface area contributed by atoms with Crippen LogP contribution in [0.1, 0.15) is 35.6 Å². The molecule has 10 heteroatoms. The van der Waals surface area contributed by atoms with Crippen LogP contribution in [-0.4, -0.2) is 79.7 Å². The number of allylic oxidation sites excluding steroid dienone is 1. The maximum absolute atomic E-state index is 14.3. The number of aliphatic hydroxyl groups excluding tert-OH is 2. The van der Waals surface area contributed by atoms with E-state index in [-0.39, 0.29) is 28.4 Å². The lowest BCUT2D eigenvalue weighted by molar-refractivity contribution is -0.139. The normalized spacial score (nSPS) is 25.8. The fourth-order valence-corrected chi connectivity index (χ4v) is 8.16. The second-order valence-electron chi connectivity index (χ2n) is 13.3. The van der Waals surface area contributed by atoms with Gasteiger partial charge in [-0.2, -0.15) is 0 Å². The van der Waals surface area contributed by atoms with Gasteiger partial charge in [-0.1, -0.05) is 30.3 Å². The number of rotatable bonds is 7. The number of aromatic nitrogens is 1. The zero-order valence-electron chi connectivity index (χ0n) is 26.4. The average molecular weight is 625 g/mol.